The first-order valence-electron chi connectivity index (χ1n) is 12.7. The highest BCUT2D eigenvalue weighted by Gasteiger charge is 2.53. The molecule has 6 rings (SSSR count). The zero-order chi connectivity index (χ0) is 22.3. The van der Waals surface area contributed by atoms with Gasteiger partial charge in [0.1, 0.15) is 13.8 Å². The minimum atomic E-state index is -1.89. The molecule has 31 heavy (non-hydrogen) atoms. The first-order chi connectivity index (χ1) is 14.6. The molecule has 4 saturated carbocycles. The number of rotatable bonds is 4. The van der Waals surface area contributed by atoms with Crippen LogP contribution in [0.2, 0.25) is 13.1 Å². The van der Waals surface area contributed by atoms with Crippen molar-refractivity contribution in [2.45, 2.75) is 91.7 Å². The molecular weight excluding hydrogens is 392 g/mol. The van der Waals surface area contributed by atoms with Crippen LogP contribution >= 0.6 is 0 Å². The van der Waals surface area contributed by atoms with E-state index in [1.807, 2.05) is 7.11 Å². The van der Waals surface area contributed by atoms with Crippen LogP contribution in [0.1, 0.15) is 77.3 Å². The molecule has 0 amide bonds. The molecular formula is C29H42OSi. The fourth-order valence-electron chi connectivity index (χ4n) is 8.81. The molecule has 5 aliphatic rings. The van der Waals surface area contributed by atoms with Crippen molar-refractivity contribution in [1.82, 2.24) is 0 Å². The Labute approximate surface area is 191 Å². The van der Waals surface area contributed by atoms with E-state index >= 15 is 0 Å². The largest absolute Gasteiger partial charge is 0.497 e. The third kappa shape index (κ3) is 3.07. The van der Waals surface area contributed by atoms with E-state index < -0.39 is 8.07 Å². The summed E-state index contributed by atoms with van der Waals surface area (Å²) in [4.78, 5) is 0. The summed E-state index contributed by atoms with van der Waals surface area (Å²) in [6, 6.07) is 5.01. The first-order valence-corrected chi connectivity index (χ1v) is 15.7. The standard InChI is InChI=1S/C29H42OSi/c1-17-9-25(29-14-22-11-23(15-29)13-24(12-22)16-29)27(30-6)26(10-17)31(7,8)28-20(4)18(2)19(3)21(28)5/h9-10,20,22-24H,11-16H2,1-8H3. The predicted molar refractivity (Wildman–Crippen MR) is 135 cm³/mol. The fraction of sp³-hybridized carbons (Fsp3) is 0.655. The molecule has 0 aliphatic heterocycles. The summed E-state index contributed by atoms with van der Waals surface area (Å²) in [5, 5.41) is 3.27. The number of benzene rings is 1. The maximum Gasteiger partial charge on any atom is 0.122 e. The SMILES string of the molecule is COc1c(C23CC4CC(CC(C4)C2)C3)cc(C)cc1[Si](C)(C)C1=C(C)C(C)=C(C)C1C. The Morgan fingerprint density at radius 2 is 1.42 bits per heavy atom. The molecule has 0 heterocycles. The van der Waals surface area contributed by atoms with E-state index in [-0.39, 0.29) is 0 Å². The van der Waals surface area contributed by atoms with Gasteiger partial charge >= 0.3 is 0 Å². The molecule has 0 saturated heterocycles. The van der Waals surface area contributed by atoms with Gasteiger partial charge in [-0.05, 0) is 106 Å². The van der Waals surface area contributed by atoms with Crippen LogP contribution in [0.3, 0.4) is 0 Å². The zero-order valence-corrected chi connectivity index (χ0v) is 22.1. The van der Waals surface area contributed by atoms with Crippen molar-refractivity contribution in [3.63, 3.8) is 0 Å². The van der Waals surface area contributed by atoms with E-state index in [0.29, 0.717) is 11.3 Å². The minimum Gasteiger partial charge on any atom is -0.497 e. The maximum absolute atomic E-state index is 6.39. The van der Waals surface area contributed by atoms with Gasteiger partial charge in [0.2, 0.25) is 0 Å². The van der Waals surface area contributed by atoms with Crippen molar-refractivity contribution >= 4 is 13.3 Å². The molecule has 0 N–H and O–H groups in total. The smallest absolute Gasteiger partial charge is 0.122 e. The predicted octanol–water partition coefficient (Wildman–Crippen LogP) is 7.23. The Kier molecular flexibility index (Phi) is 4.94. The minimum absolute atomic E-state index is 0.375. The Morgan fingerprint density at radius 1 is 0.871 bits per heavy atom. The Bertz CT molecular complexity index is 957. The lowest BCUT2D eigenvalue weighted by molar-refractivity contribution is -0.00612. The van der Waals surface area contributed by atoms with Crippen molar-refractivity contribution in [3.05, 3.63) is 45.2 Å². The molecule has 168 valence electrons. The number of methoxy groups -OCH3 is 1. The summed E-state index contributed by atoms with van der Waals surface area (Å²) in [6.07, 6.45) is 8.69. The summed E-state index contributed by atoms with van der Waals surface area (Å²) >= 11 is 0. The molecule has 0 spiro atoms. The fourth-order valence-corrected chi connectivity index (χ4v) is 12.9. The lowest BCUT2D eigenvalue weighted by Crippen LogP contribution is -2.51. The van der Waals surface area contributed by atoms with Crippen LogP contribution in [-0.4, -0.2) is 15.2 Å². The van der Waals surface area contributed by atoms with E-state index in [2.05, 4.69) is 59.8 Å². The average molecular weight is 435 g/mol. The first kappa shape index (κ1) is 21.6. The van der Waals surface area contributed by atoms with E-state index in [4.69, 9.17) is 4.74 Å². The molecule has 0 aromatic heterocycles. The van der Waals surface area contributed by atoms with Crippen LogP contribution < -0.4 is 9.92 Å². The van der Waals surface area contributed by atoms with Crippen LogP contribution in [0.4, 0.5) is 0 Å². The van der Waals surface area contributed by atoms with Crippen LogP contribution in [0.5, 0.6) is 5.75 Å². The summed E-state index contributed by atoms with van der Waals surface area (Å²) < 4.78 is 6.39. The molecule has 1 unspecified atom stereocenters. The van der Waals surface area contributed by atoms with E-state index in [0.717, 1.165) is 17.8 Å². The second-order valence-corrected chi connectivity index (χ2v) is 16.6. The molecule has 2 heteroatoms. The second kappa shape index (κ2) is 7.11. The van der Waals surface area contributed by atoms with Crippen molar-refractivity contribution in [1.29, 1.82) is 0 Å². The lowest BCUT2D eigenvalue weighted by Gasteiger charge is -2.57. The quantitative estimate of drug-likeness (QED) is 0.454. The third-order valence-electron chi connectivity index (χ3n) is 10.0. The molecule has 5 aliphatic carbocycles. The van der Waals surface area contributed by atoms with Gasteiger partial charge in [-0.15, -0.1) is 0 Å². The summed E-state index contributed by atoms with van der Waals surface area (Å²) in [5.74, 6) is 4.70. The highest BCUT2D eigenvalue weighted by Crippen LogP contribution is 2.62. The Hall–Kier alpha value is -1.28. The van der Waals surface area contributed by atoms with Crippen LogP contribution in [0.15, 0.2) is 34.0 Å². The maximum atomic E-state index is 6.39. The Morgan fingerprint density at radius 3 is 1.87 bits per heavy atom. The van der Waals surface area contributed by atoms with E-state index in [1.165, 1.54) is 55.4 Å². The van der Waals surface area contributed by atoms with Gasteiger partial charge in [0.05, 0.1) is 7.11 Å². The van der Waals surface area contributed by atoms with E-state index in [9.17, 15) is 0 Å². The van der Waals surface area contributed by atoms with Gasteiger partial charge in [-0.25, -0.2) is 0 Å². The van der Waals surface area contributed by atoms with Crippen molar-refractivity contribution in [3.8, 4) is 5.75 Å². The average Bonchev–Trinajstić information content (AvgIpc) is 2.89. The van der Waals surface area contributed by atoms with Crippen LogP contribution in [-0.2, 0) is 5.41 Å². The molecule has 1 aromatic rings. The van der Waals surface area contributed by atoms with Gasteiger partial charge in [-0.3, -0.25) is 0 Å². The van der Waals surface area contributed by atoms with Crippen LogP contribution in [0.25, 0.3) is 0 Å². The van der Waals surface area contributed by atoms with Gasteiger partial charge in [0.15, 0.2) is 0 Å². The number of hydrogen-bond donors (Lipinski definition) is 0. The summed E-state index contributed by atoms with van der Waals surface area (Å²) in [5.41, 5.74) is 8.04. The third-order valence-corrected chi connectivity index (χ3v) is 13.9. The normalized spacial score (nSPS) is 34.8. The Balaban J connectivity index is 1.66. The van der Waals surface area contributed by atoms with Crippen molar-refractivity contribution in [2.24, 2.45) is 23.7 Å². The van der Waals surface area contributed by atoms with Gasteiger partial charge in [0.25, 0.3) is 0 Å². The number of aryl methyl sites for hydroxylation is 1. The zero-order valence-electron chi connectivity index (χ0n) is 21.1. The number of allylic oxidation sites excluding steroid dienone is 4. The van der Waals surface area contributed by atoms with Crippen LogP contribution in [0, 0.1) is 30.6 Å². The highest BCUT2D eigenvalue weighted by atomic mass is 28.3. The van der Waals surface area contributed by atoms with Gasteiger partial charge in [-0.1, -0.05) is 54.1 Å². The molecule has 4 bridgehead atoms. The van der Waals surface area contributed by atoms with Crippen molar-refractivity contribution in [2.75, 3.05) is 7.11 Å². The topological polar surface area (TPSA) is 9.23 Å². The van der Waals surface area contributed by atoms with Gasteiger partial charge in [0, 0.05) is 5.56 Å². The highest BCUT2D eigenvalue weighted by molar-refractivity contribution is 6.96. The van der Waals surface area contributed by atoms with Gasteiger partial charge < -0.3 is 4.74 Å². The second-order valence-electron chi connectivity index (χ2n) is 12.3. The number of hydrogen-bond acceptors (Lipinski definition) is 1. The monoisotopic (exact) mass is 434 g/mol. The van der Waals surface area contributed by atoms with Crippen molar-refractivity contribution < 1.29 is 4.74 Å². The summed E-state index contributed by atoms with van der Waals surface area (Å²) in [7, 11) is 0.0557. The molecule has 1 atom stereocenters. The van der Waals surface area contributed by atoms with E-state index in [1.54, 1.807) is 27.1 Å². The molecule has 1 nitrogen and oxygen atoms in total. The molecule has 0 radical (unpaired) electrons. The summed E-state index contributed by atoms with van der Waals surface area (Å²) in [6.45, 7) is 17.0. The molecule has 1 aromatic carbocycles. The molecule has 4 fully saturated rings. The lowest BCUT2D eigenvalue weighted by atomic mass is 9.48. The number of ether oxygens (including phenoxy) is 1. The van der Waals surface area contributed by atoms with Gasteiger partial charge in [-0.2, -0.15) is 0 Å².